The molecule has 1 aromatic rings. The van der Waals surface area contributed by atoms with Crippen LogP contribution in [-0.2, 0) is 11.2 Å². The Bertz CT molecular complexity index is 330. The average Bonchev–Trinajstić information content (AvgIpc) is 2.69. The van der Waals surface area contributed by atoms with Gasteiger partial charge >= 0.3 is 0 Å². The van der Waals surface area contributed by atoms with E-state index in [9.17, 15) is 4.79 Å². The van der Waals surface area contributed by atoms with Crippen LogP contribution in [0, 0.1) is 5.41 Å². The number of nitrogens with zero attached hydrogens (tertiary/aromatic N) is 1. The van der Waals surface area contributed by atoms with Crippen molar-refractivity contribution in [2.75, 3.05) is 20.1 Å². The van der Waals surface area contributed by atoms with E-state index in [-0.39, 0.29) is 11.3 Å². The van der Waals surface area contributed by atoms with E-state index in [1.165, 1.54) is 0 Å². The first-order chi connectivity index (χ1) is 7.44. The number of carbonyl (C=O) groups excluding carboxylic acids is 1. The van der Waals surface area contributed by atoms with Crippen molar-refractivity contribution in [3.05, 3.63) is 24.0 Å². The Morgan fingerprint density at radius 2 is 2.25 bits per heavy atom. The van der Waals surface area contributed by atoms with Gasteiger partial charge in [0, 0.05) is 26.0 Å². The molecule has 0 bridgehead atoms. The van der Waals surface area contributed by atoms with E-state index in [0.29, 0.717) is 19.5 Å². The fraction of sp³-hybridized carbons (Fsp3) is 0.583. The second-order valence-electron chi connectivity index (χ2n) is 5.01. The van der Waals surface area contributed by atoms with Crippen molar-refractivity contribution in [3.63, 3.8) is 0 Å². The van der Waals surface area contributed by atoms with Gasteiger partial charge in [0.2, 0.25) is 5.91 Å². The lowest BCUT2D eigenvalue weighted by Gasteiger charge is -2.29. The standard InChI is InChI=1S/C12H21N3O/c1-12(2,8-13)9-15(3)11(16)6-10-4-5-14-7-10/h4-5,7,14H,6,8-9,13H2,1-3H3. The summed E-state index contributed by atoms with van der Waals surface area (Å²) in [4.78, 5) is 16.6. The molecule has 0 aliphatic heterocycles. The van der Waals surface area contributed by atoms with Gasteiger partial charge in [-0.2, -0.15) is 0 Å². The SMILES string of the molecule is CN(CC(C)(C)CN)C(=O)Cc1cc[nH]c1. The maximum atomic E-state index is 11.9. The molecular formula is C12H21N3O. The molecule has 0 radical (unpaired) electrons. The molecule has 3 N–H and O–H groups in total. The lowest BCUT2D eigenvalue weighted by Crippen LogP contribution is -2.40. The first-order valence-electron chi connectivity index (χ1n) is 5.50. The van der Waals surface area contributed by atoms with Gasteiger partial charge in [-0.15, -0.1) is 0 Å². The largest absolute Gasteiger partial charge is 0.367 e. The molecule has 16 heavy (non-hydrogen) atoms. The molecule has 0 aromatic carbocycles. The lowest BCUT2D eigenvalue weighted by molar-refractivity contribution is -0.130. The third-order valence-electron chi connectivity index (χ3n) is 2.66. The first kappa shape index (κ1) is 12.8. The summed E-state index contributed by atoms with van der Waals surface area (Å²) in [5.74, 6) is 0.126. The molecule has 4 heteroatoms. The van der Waals surface area contributed by atoms with Crippen LogP contribution in [0.5, 0.6) is 0 Å². The molecule has 0 saturated carbocycles. The van der Waals surface area contributed by atoms with E-state index < -0.39 is 0 Å². The third kappa shape index (κ3) is 3.70. The smallest absolute Gasteiger partial charge is 0.226 e. The highest BCUT2D eigenvalue weighted by molar-refractivity contribution is 5.78. The van der Waals surface area contributed by atoms with Crippen LogP contribution in [0.25, 0.3) is 0 Å². The third-order valence-corrected chi connectivity index (χ3v) is 2.66. The zero-order valence-electron chi connectivity index (χ0n) is 10.3. The number of aromatic amines is 1. The summed E-state index contributed by atoms with van der Waals surface area (Å²) in [6.07, 6.45) is 4.12. The zero-order valence-corrected chi connectivity index (χ0v) is 10.3. The number of aromatic nitrogens is 1. The summed E-state index contributed by atoms with van der Waals surface area (Å²) in [6, 6.07) is 1.92. The fourth-order valence-corrected chi connectivity index (χ4v) is 1.57. The molecule has 90 valence electrons. The maximum absolute atomic E-state index is 11.9. The Labute approximate surface area is 96.8 Å². The molecule has 0 unspecified atom stereocenters. The molecular weight excluding hydrogens is 202 g/mol. The van der Waals surface area contributed by atoms with Gasteiger partial charge in [-0.1, -0.05) is 13.8 Å². The number of amides is 1. The van der Waals surface area contributed by atoms with Crippen LogP contribution >= 0.6 is 0 Å². The summed E-state index contributed by atoms with van der Waals surface area (Å²) in [7, 11) is 1.83. The number of H-pyrrole nitrogens is 1. The van der Waals surface area contributed by atoms with Crippen molar-refractivity contribution in [1.29, 1.82) is 0 Å². The molecule has 1 aromatic heterocycles. The summed E-state index contributed by atoms with van der Waals surface area (Å²) >= 11 is 0. The van der Waals surface area contributed by atoms with Gasteiger partial charge in [0.1, 0.15) is 0 Å². The topological polar surface area (TPSA) is 62.1 Å². The Kier molecular flexibility index (Phi) is 4.12. The number of hydrogen-bond donors (Lipinski definition) is 2. The number of nitrogens with one attached hydrogen (secondary N) is 1. The molecule has 0 fully saturated rings. The van der Waals surface area contributed by atoms with Crippen LogP contribution in [0.3, 0.4) is 0 Å². The predicted molar refractivity (Wildman–Crippen MR) is 65.0 cm³/mol. The Morgan fingerprint density at radius 3 is 2.75 bits per heavy atom. The lowest BCUT2D eigenvalue weighted by atomic mass is 9.93. The summed E-state index contributed by atoms with van der Waals surface area (Å²) in [5.41, 5.74) is 6.64. The van der Waals surface area contributed by atoms with E-state index >= 15 is 0 Å². The number of hydrogen-bond acceptors (Lipinski definition) is 2. The van der Waals surface area contributed by atoms with E-state index in [4.69, 9.17) is 5.73 Å². The monoisotopic (exact) mass is 223 g/mol. The zero-order chi connectivity index (χ0) is 12.2. The summed E-state index contributed by atoms with van der Waals surface area (Å²) < 4.78 is 0. The minimum absolute atomic E-state index is 0.0252. The van der Waals surface area contributed by atoms with Crippen molar-refractivity contribution in [3.8, 4) is 0 Å². The Hall–Kier alpha value is -1.29. The van der Waals surface area contributed by atoms with Gasteiger partial charge in [-0.05, 0) is 23.6 Å². The van der Waals surface area contributed by atoms with Gasteiger partial charge in [0.05, 0.1) is 6.42 Å². The number of likely N-dealkylation sites (N-methyl/N-ethyl adjacent to an activating group) is 1. The first-order valence-corrected chi connectivity index (χ1v) is 5.50. The normalized spacial score (nSPS) is 11.5. The van der Waals surface area contributed by atoms with E-state index in [1.807, 2.05) is 25.5 Å². The van der Waals surface area contributed by atoms with Crippen LogP contribution < -0.4 is 5.73 Å². The average molecular weight is 223 g/mol. The summed E-state index contributed by atoms with van der Waals surface area (Å²) in [5, 5.41) is 0. The van der Waals surface area contributed by atoms with Crippen molar-refractivity contribution < 1.29 is 4.79 Å². The van der Waals surface area contributed by atoms with Crippen LogP contribution in [0.1, 0.15) is 19.4 Å². The van der Waals surface area contributed by atoms with Crippen LogP contribution in [0.2, 0.25) is 0 Å². The Morgan fingerprint density at radius 1 is 1.56 bits per heavy atom. The minimum Gasteiger partial charge on any atom is -0.367 e. The van der Waals surface area contributed by atoms with Crippen molar-refractivity contribution >= 4 is 5.91 Å². The predicted octanol–water partition coefficient (Wildman–Crippen LogP) is 1.00. The molecule has 1 heterocycles. The molecule has 0 spiro atoms. The second-order valence-corrected chi connectivity index (χ2v) is 5.01. The highest BCUT2D eigenvalue weighted by Gasteiger charge is 2.21. The second kappa shape index (κ2) is 5.16. The fourth-order valence-electron chi connectivity index (χ4n) is 1.57. The molecule has 0 atom stereocenters. The Balaban J connectivity index is 2.48. The molecule has 0 aliphatic carbocycles. The van der Waals surface area contributed by atoms with Crippen molar-refractivity contribution in [2.45, 2.75) is 20.3 Å². The highest BCUT2D eigenvalue weighted by atomic mass is 16.2. The molecule has 1 amide bonds. The molecule has 4 nitrogen and oxygen atoms in total. The molecule has 0 saturated heterocycles. The maximum Gasteiger partial charge on any atom is 0.226 e. The molecule has 0 aliphatic rings. The van der Waals surface area contributed by atoms with Crippen molar-refractivity contribution in [1.82, 2.24) is 9.88 Å². The van der Waals surface area contributed by atoms with Crippen molar-refractivity contribution in [2.24, 2.45) is 11.1 Å². The number of rotatable bonds is 5. The summed E-state index contributed by atoms with van der Waals surface area (Å²) in [6.45, 7) is 5.39. The van der Waals surface area contributed by atoms with Gasteiger partial charge in [0.25, 0.3) is 0 Å². The molecule has 1 rings (SSSR count). The quantitative estimate of drug-likeness (QED) is 0.782. The highest BCUT2D eigenvalue weighted by Crippen LogP contribution is 2.14. The van der Waals surface area contributed by atoms with Gasteiger partial charge in [-0.3, -0.25) is 4.79 Å². The van der Waals surface area contributed by atoms with Crippen LogP contribution in [0.4, 0.5) is 0 Å². The minimum atomic E-state index is -0.0252. The van der Waals surface area contributed by atoms with Gasteiger partial charge in [-0.25, -0.2) is 0 Å². The van der Waals surface area contributed by atoms with Crippen LogP contribution in [-0.4, -0.2) is 35.9 Å². The van der Waals surface area contributed by atoms with Gasteiger partial charge in [0.15, 0.2) is 0 Å². The van der Waals surface area contributed by atoms with E-state index in [2.05, 4.69) is 18.8 Å². The number of carbonyl (C=O) groups is 1. The van der Waals surface area contributed by atoms with E-state index in [0.717, 1.165) is 5.56 Å². The number of nitrogens with two attached hydrogens (primary N) is 1. The van der Waals surface area contributed by atoms with E-state index in [1.54, 1.807) is 4.90 Å². The van der Waals surface area contributed by atoms with Gasteiger partial charge < -0.3 is 15.6 Å². The van der Waals surface area contributed by atoms with Crippen LogP contribution in [0.15, 0.2) is 18.5 Å².